The zero-order chi connectivity index (χ0) is 18.7. The second kappa shape index (κ2) is 7.63. The molecule has 8 heteroatoms. The highest BCUT2D eigenvalue weighted by atomic mass is 35.5. The summed E-state index contributed by atoms with van der Waals surface area (Å²) in [6.45, 7) is 0. The number of esters is 2. The quantitative estimate of drug-likeness (QED) is 0.616. The molecule has 6 nitrogen and oxygen atoms in total. The summed E-state index contributed by atoms with van der Waals surface area (Å²) in [5.74, 6) is -1.11. The minimum Gasteiger partial charge on any atom is -0.465 e. The lowest BCUT2D eigenvalue weighted by Crippen LogP contribution is -2.08. The van der Waals surface area contributed by atoms with Crippen molar-refractivity contribution in [2.45, 2.75) is 0 Å². The molecule has 0 saturated heterocycles. The maximum Gasteiger partial charge on any atom is 0.340 e. The monoisotopic (exact) mass is 382 g/mol. The lowest BCUT2D eigenvalue weighted by atomic mass is 9.99. The Kier molecular flexibility index (Phi) is 5.77. The normalized spacial score (nSPS) is 10.3. The van der Waals surface area contributed by atoms with Crippen molar-refractivity contribution in [2.24, 2.45) is 0 Å². The predicted octanol–water partition coefficient (Wildman–Crippen LogP) is 3.86. The van der Waals surface area contributed by atoms with Gasteiger partial charge >= 0.3 is 11.9 Å². The van der Waals surface area contributed by atoms with Gasteiger partial charge in [-0.3, -0.25) is 0 Å². The highest BCUT2D eigenvalue weighted by molar-refractivity contribution is 6.40. The third-order valence-electron chi connectivity index (χ3n) is 3.67. The number of carbonyl (C=O) groups is 2. The van der Waals surface area contributed by atoms with E-state index in [1.807, 2.05) is 0 Å². The summed E-state index contributed by atoms with van der Waals surface area (Å²) < 4.78 is 9.41. The predicted molar refractivity (Wildman–Crippen MR) is 98.5 cm³/mol. The van der Waals surface area contributed by atoms with Crippen molar-refractivity contribution < 1.29 is 19.1 Å². The molecule has 3 N–H and O–H groups in total. The lowest BCUT2D eigenvalue weighted by Gasteiger charge is -2.16. The highest BCUT2D eigenvalue weighted by Crippen LogP contribution is 2.41. The number of hydrogen-bond donors (Lipinski definition) is 2. The number of hydrogen-bond acceptors (Lipinski definition) is 6. The average molecular weight is 383 g/mol. The Labute approximate surface area is 154 Å². The molecule has 0 aliphatic carbocycles. The fourth-order valence-corrected chi connectivity index (χ4v) is 3.03. The van der Waals surface area contributed by atoms with Crippen LogP contribution in [0.2, 0.25) is 10.0 Å². The van der Waals surface area contributed by atoms with E-state index in [-0.39, 0.29) is 26.9 Å². The number of rotatable bonds is 4. The Morgan fingerprint density at radius 3 is 1.92 bits per heavy atom. The Balaban J connectivity index is 2.66. The average Bonchev–Trinajstić information content (AvgIpc) is 2.62. The summed E-state index contributed by atoms with van der Waals surface area (Å²) in [5.41, 5.74) is 7.95. The van der Waals surface area contributed by atoms with E-state index in [9.17, 15) is 9.59 Å². The van der Waals surface area contributed by atoms with Gasteiger partial charge in [0.1, 0.15) is 0 Å². The van der Waals surface area contributed by atoms with Gasteiger partial charge in [0.25, 0.3) is 0 Å². The molecule has 0 aliphatic rings. The van der Waals surface area contributed by atoms with Gasteiger partial charge < -0.3 is 20.5 Å². The molecule has 2 aromatic rings. The molecule has 0 spiro atoms. The van der Waals surface area contributed by atoms with Gasteiger partial charge in [0.2, 0.25) is 0 Å². The number of anilines is 2. The minimum absolute atomic E-state index is 0.0881. The first-order chi connectivity index (χ1) is 11.9. The van der Waals surface area contributed by atoms with E-state index in [0.717, 1.165) is 0 Å². The van der Waals surface area contributed by atoms with Gasteiger partial charge in [-0.25, -0.2) is 9.59 Å². The van der Waals surface area contributed by atoms with Crippen molar-refractivity contribution in [3.05, 3.63) is 45.4 Å². The maximum atomic E-state index is 11.8. The van der Waals surface area contributed by atoms with Crippen LogP contribution >= 0.6 is 23.2 Å². The summed E-state index contributed by atoms with van der Waals surface area (Å²) >= 11 is 12.8. The summed E-state index contributed by atoms with van der Waals surface area (Å²) in [6.07, 6.45) is 0. The number of nitrogens with two attached hydrogens (primary N) is 1. The molecule has 0 radical (unpaired) electrons. The van der Waals surface area contributed by atoms with Crippen LogP contribution in [-0.2, 0) is 9.47 Å². The first-order valence-electron chi connectivity index (χ1n) is 7.12. The van der Waals surface area contributed by atoms with Crippen LogP contribution in [0.3, 0.4) is 0 Å². The molecule has 0 saturated carbocycles. The van der Waals surface area contributed by atoms with Crippen LogP contribution in [0.1, 0.15) is 20.7 Å². The SMILES string of the molecule is CNc1c(C(=O)OC)ccc(-c2ccc(C(=O)OC)c(N)c2Cl)c1Cl. The maximum absolute atomic E-state index is 11.8. The Hall–Kier alpha value is -2.44. The molecule has 0 aromatic heterocycles. The van der Waals surface area contributed by atoms with E-state index in [4.69, 9.17) is 33.7 Å². The number of methoxy groups -OCH3 is 2. The van der Waals surface area contributed by atoms with Gasteiger partial charge in [-0.1, -0.05) is 35.3 Å². The number of benzene rings is 2. The summed E-state index contributed by atoms with van der Waals surface area (Å²) in [7, 11) is 4.17. The number of nitrogen functional groups attached to an aromatic ring is 1. The molecule has 0 heterocycles. The summed E-state index contributed by atoms with van der Waals surface area (Å²) in [6, 6.07) is 6.32. The largest absolute Gasteiger partial charge is 0.465 e. The number of carbonyl (C=O) groups excluding carboxylic acids is 2. The van der Waals surface area contributed by atoms with Crippen molar-refractivity contribution in [1.82, 2.24) is 0 Å². The van der Waals surface area contributed by atoms with E-state index in [2.05, 4.69) is 10.1 Å². The molecule has 0 unspecified atom stereocenters. The van der Waals surface area contributed by atoms with Crippen LogP contribution in [0.25, 0.3) is 11.1 Å². The zero-order valence-electron chi connectivity index (χ0n) is 13.8. The number of nitrogens with one attached hydrogen (secondary N) is 1. The fraction of sp³-hybridized carbons (Fsp3) is 0.176. The minimum atomic E-state index is -0.589. The molecule has 0 bridgehead atoms. The first kappa shape index (κ1) is 18.9. The molecule has 0 amide bonds. The molecule has 2 rings (SSSR count). The topological polar surface area (TPSA) is 90.6 Å². The summed E-state index contributed by atoms with van der Waals surface area (Å²) in [5, 5.41) is 3.32. The van der Waals surface area contributed by atoms with Crippen molar-refractivity contribution >= 4 is 46.5 Å². The number of halogens is 2. The molecule has 132 valence electrons. The molecule has 0 fully saturated rings. The van der Waals surface area contributed by atoms with Crippen molar-refractivity contribution in [2.75, 3.05) is 32.3 Å². The third-order valence-corrected chi connectivity index (χ3v) is 4.47. The molecule has 2 aromatic carbocycles. The van der Waals surface area contributed by atoms with Crippen LogP contribution in [-0.4, -0.2) is 33.2 Å². The van der Waals surface area contributed by atoms with Crippen molar-refractivity contribution in [1.29, 1.82) is 0 Å². The Morgan fingerprint density at radius 1 is 0.920 bits per heavy atom. The van der Waals surface area contributed by atoms with Crippen LogP contribution in [0.15, 0.2) is 24.3 Å². The second-order valence-corrected chi connectivity index (χ2v) is 5.73. The van der Waals surface area contributed by atoms with Crippen LogP contribution in [0.4, 0.5) is 11.4 Å². The van der Waals surface area contributed by atoms with Gasteiger partial charge in [-0.15, -0.1) is 0 Å². The van der Waals surface area contributed by atoms with Gasteiger partial charge in [0, 0.05) is 18.2 Å². The van der Waals surface area contributed by atoms with Gasteiger partial charge in [-0.2, -0.15) is 0 Å². The third kappa shape index (κ3) is 3.36. The van der Waals surface area contributed by atoms with E-state index in [0.29, 0.717) is 16.8 Å². The Bertz CT molecular complexity index is 853. The van der Waals surface area contributed by atoms with E-state index < -0.39 is 11.9 Å². The molecular formula is C17H16Cl2N2O4. The standard InChI is InChI=1S/C17H16Cl2N2O4/c1-21-15-11(17(23)25-3)7-5-9(13(15)19)8-4-6-10(16(22)24-2)14(20)12(8)18/h4-7,21H,20H2,1-3H3. The second-order valence-electron chi connectivity index (χ2n) is 4.97. The Morgan fingerprint density at radius 2 is 1.40 bits per heavy atom. The van der Waals surface area contributed by atoms with Crippen molar-refractivity contribution in [3.63, 3.8) is 0 Å². The van der Waals surface area contributed by atoms with E-state index in [1.54, 1.807) is 25.2 Å². The summed E-state index contributed by atoms with van der Waals surface area (Å²) in [4.78, 5) is 23.6. The van der Waals surface area contributed by atoms with Crippen LogP contribution in [0.5, 0.6) is 0 Å². The van der Waals surface area contributed by atoms with E-state index >= 15 is 0 Å². The zero-order valence-corrected chi connectivity index (χ0v) is 15.3. The molecule has 25 heavy (non-hydrogen) atoms. The van der Waals surface area contributed by atoms with Crippen LogP contribution in [0, 0.1) is 0 Å². The van der Waals surface area contributed by atoms with E-state index in [1.165, 1.54) is 20.3 Å². The lowest BCUT2D eigenvalue weighted by molar-refractivity contribution is 0.0593. The molecular weight excluding hydrogens is 367 g/mol. The van der Waals surface area contributed by atoms with Gasteiger partial charge in [0.05, 0.1) is 46.8 Å². The number of ether oxygens (including phenoxy) is 2. The van der Waals surface area contributed by atoms with Gasteiger partial charge in [0.15, 0.2) is 0 Å². The van der Waals surface area contributed by atoms with Crippen LogP contribution < -0.4 is 11.1 Å². The molecule has 0 atom stereocenters. The first-order valence-corrected chi connectivity index (χ1v) is 7.88. The van der Waals surface area contributed by atoms with Gasteiger partial charge in [-0.05, 0) is 12.1 Å². The van der Waals surface area contributed by atoms with Crippen molar-refractivity contribution in [3.8, 4) is 11.1 Å². The highest BCUT2D eigenvalue weighted by Gasteiger charge is 2.21. The smallest absolute Gasteiger partial charge is 0.340 e. The fourth-order valence-electron chi connectivity index (χ4n) is 2.40. The molecule has 0 aliphatic heterocycles.